The van der Waals surface area contributed by atoms with E-state index in [1.54, 1.807) is 19.2 Å². The van der Waals surface area contributed by atoms with Crippen molar-refractivity contribution in [3.8, 4) is 5.75 Å². The topological polar surface area (TPSA) is 87.3 Å². The highest BCUT2D eigenvalue weighted by Gasteiger charge is 2.07. The van der Waals surface area contributed by atoms with Gasteiger partial charge in [0.15, 0.2) is 0 Å². The molecule has 1 aromatic rings. The van der Waals surface area contributed by atoms with Crippen molar-refractivity contribution >= 4 is 5.69 Å². The molecule has 0 unspecified atom stereocenters. The van der Waals surface area contributed by atoms with Crippen LogP contribution in [0.15, 0.2) is 12.1 Å². The van der Waals surface area contributed by atoms with E-state index in [0.717, 1.165) is 16.9 Å². The fourth-order valence-corrected chi connectivity index (χ4v) is 1.35. The summed E-state index contributed by atoms with van der Waals surface area (Å²) in [5.41, 5.74) is 19.2. The zero-order valence-electron chi connectivity index (χ0n) is 7.71. The molecular weight excluding hydrogens is 166 g/mol. The molecule has 0 aromatic heterocycles. The third-order valence-electron chi connectivity index (χ3n) is 1.91. The minimum Gasteiger partial charge on any atom is -0.496 e. The summed E-state index contributed by atoms with van der Waals surface area (Å²) in [4.78, 5) is 0. The van der Waals surface area contributed by atoms with Gasteiger partial charge in [0.2, 0.25) is 0 Å². The van der Waals surface area contributed by atoms with Gasteiger partial charge in [0.1, 0.15) is 5.75 Å². The molecule has 0 radical (unpaired) electrons. The number of ether oxygens (including phenoxy) is 1. The highest BCUT2D eigenvalue weighted by molar-refractivity contribution is 5.53. The van der Waals surface area contributed by atoms with Gasteiger partial charge in [0, 0.05) is 29.9 Å². The first kappa shape index (κ1) is 9.83. The van der Waals surface area contributed by atoms with Gasteiger partial charge in [-0.2, -0.15) is 0 Å². The Morgan fingerprint density at radius 3 is 1.92 bits per heavy atom. The standard InChI is InChI=1S/C9H15N3O/c1-13-9-6(4-10)2-8(12)3-7(9)5-11/h2-3H,4-5,10-12H2,1H3. The summed E-state index contributed by atoms with van der Waals surface area (Å²) in [6.45, 7) is 0.808. The minimum absolute atomic E-state index is 0.404. The van der Waals surface area contributed by atoms with Crippen LogP contribution in [0.3, 0.4) is 0 Å². The Labute approximate surface area is 77.7 Å². The van der Waals surface area contributed by atoms with E-state index in [1.165, 1.54) is 0 Å². The van der Waals surface area contributed by atoms with Gasteiger partial charge in [-0.05, 0) is 12.1 Å². The van der Waals surface area contributed by atoms with Crippen LogP contribution < -0.4 is 21.9 Å². The van der Waals surface area contributed by atoms with Crippen LogP contribution in [0, 0.1) is 0 Å². The highest BCUT2D eigenvalue weighted by atomic mass is 16.5. The SMILES string of the molecule is COc1c(CN)cc(N)cc1CN. The number of hydrogen-bond acceptors (Lipinski definition) is 4. The summed E-state index contributed by atoms with van der Waals surface area (Å²) in [5, 5.41) is 0. The van der Waals surface area contributed by atoms with Gasteiger partial charge in [0.05, 0.1) is 7.11 Å². The maximum atomic E-state index is 5.67. The first-order valence-corrected chi connectivity index (χ1v) is 4.08. The smallest absolute Gasteiger partial charge is 0.127 e. The number of hydrogen-bond donors (Lipinski definition) is 3. The molecule has 0 saturated heterocycles. The Morgan fingerprint density at radius 1 is 1.15 bits per heavy atom. The van der Waals surface area contributed by atoms with Crippen LogP contribution >= 0.6 is 0 Å². The molecule has 0 saturated carbocycles. The van der Waals surface area contributed by atoms with E-state index in [-0.39, 0.29) is 0 Å². The number of rotatable bonds is 3. The normalized spacial score (nSPS) is 10.1. The van der Waals surface area contributed by atoms with E-state index in [1.807, 2.05) is 0 Å². The monoisotopic (exact) mass is 181 g/mol. The van der Waals surface area contributed by atoms with E-state index in [0.29, 0.717) is 18.8 Å². The lowest BCUT2D eigenvalue weighted by atomic mass is 10.1. The fraction of sp³-hybridized carbons (Fsp3) is 0.333. The molecule has 0 aliphatic heterocycles. The minimum atomic E-state index is 0.404. The zero-order chi connectivity index (χ0) is 9.84. The lowest BCUT2D eigenvalue weighted by molar-refractivity contribution is 0.405. The van der Waals surface area contributed by atoms with Crippen LogP contribution in [0.25, 0.3) is 0 Å². The van der Waals surface area contributed by atoms with Crippen LogP contribution in [0.2, 0.25) is 0 Å². The van der Waals surface area contributed by atoms with Crippen LogP contribution in [-0.2, 0) is 13.1 Å². The number of nitrogens with two attached hydrogens (primary N) is 3. The molecule has 0 fully saturated rings. The predicted octanol–water partition coefficient (Wildman–Crippen LogP) is 0.195. The third kappa shape index (κ3) is 1.91. The van der Waals surface area contributed by atoms with Crippen LogP contribution in [-0.4, -0.2) is 7.11 Å². The summed E-state index contributed by atoms with van der Waals surface area (Å²) in [6, 6.07) is 3.61. The molecule has 0 aliphatic carbocycles. The van der Waals surface area contributed by atoms with Crippen molar-refractivity contribution in [1.82, 2.24) is 0 Å². The molecule has 72 valence electrons. The number of nitrogen functional groups attached to an aromatic ring is 1. The summed E-state index contributed by atoms with van der Waals surface area (Å²) < 4.78 is 5.20. The lowest BCUT2D eigenvalue weighted by Gasteiger charge is -2.12. The van der Waals surface area contributed by atoms with Crippen LogP contribution in [0.4, 0.5) is 5.69 Å². The number of benzene rings is 1. The van der Waals surface area contributed by atoms with Crippen molar-refractivity contribution < 1.29 is 4.74 Å². The van der Waals surface area contributed by atoms with Crippen molar-refractivity contribution in [3.63, 3.8) is 0 Å². The van der Waals surface area contributed by atoms with Crippen LogP contribution in [0.5, 0.6) is 5.75 Å². The average Bonchev–Trinajstić information content (AvgIpc) is 2.16. The molecule has 0 spiro atoms. The number of methoxy groups -OCH3 is 1. The lowest BCUT2D eigenvalue weighted by Crippen LogP contribution is -2.07. The van der Waals surface area contributed by atoms with Crippen molar-refractivity contribution in [2.75, 3.05) is 12.8 Å². The average molecular weight is 181 g/mol. The van der Waals surface area contributed by atoms with Gasteiger partial charge in [-0.3, -0.25) is 0 Å². The molecule has 0 heterocycles. The Balaban J connectivity index is 3.25. The molecular formula is C9H15N3O. The molecule has 4 nitrogen and oxygen atoms in total. The molecule has 1 aromatic carbocycles. The van der Waals surface area contributed by atoms with Gasteiger partial charge < -0.3 is 21.9 Å². The predicted molar refractivity (Wildman–Crippen MR) is 53.2 cm³/mol. The van der Waals surface area contributed by atoms with Gasteiger partial charge in [-0.1, -0.05) is 0 Å². The third-order valence-corrected chi connectivity index (χ3v) is 1.91. The van der Waals surface area contributed by atoms with Crippen LogP contribution in [0.1, 0.15) is 11.1 Å². The summed E-state index contributed by atoms with van der Waals surface area (Å²) in [6.07, 6.45) is 0. The van der Waals surface area contributed by atoms with Crippen molar-refractivity contribution in [2.45, 2.75) is 13.1 Å². The van der Waals surface area contributed by atoms with E-state index >= 15 is 0 Å². The Hall–Kier alpha value is -1.26. The molecule has 0 bridgehead atoms. The van der Waals surface area contributed by atoms with Crippen molar-refractivity contribution in [3.05, 3.63) is 23.3 Å². The quantitative estimate of drug-likeness (QED) is 0.581. The Morgan fingerprint density at radius 2 is 1.62 bits per heavy atom. The Kier molecular flexibility index (Phi) is 3.11. The van der Waals surface area contributed by atoms with Gasteiger partial charge >= 0.3 is 0 Å². The molecule has 0 aliphatic rings. The van der Waals surface area contributed by atoms with Gasteiger partial charge in [0.25, 0.3) is 0 Å². The summed E-state index contributed by atoms with van der Waals surface area (Å²) in [5.74, 6) is 0.749. The molecule has 0 atom stereocenters. The largest absolute Gasteiger partial charge is 0.496 e. The number of anilines is 1. The van der Waals surface area contributed by atoms with E-state index in [2.05, 4.69) is 0 Å². The summed E-state index contributed by atoms with van der Waals surface area (Å²) >= 11 is 0. The first-order chi connectivity index (χ1) is 6.22. The zero-order valence-corrected chi connectivity index (χ0v) is 7.71. The second-order valence-electron chi connectivity index (χ2n) is 2.78. The van der Waals surface area contributed by atoms with E-state index in [4.69, 9.17) is 21.9 Å². The molecule has 6 N–H and O–H groups in total. The Bertz CT molecular complexity index is 274. The molecule has 13 heavy (non-hydrogen) atoms. The van der Waals surface area contributed by atoms with Crippen molar-refractivity contribution in [1.29, 1.82) is 0 Å². The van der Waals surface area contributed by atoms with Crippen molar-refractivity contribution in [2.24, 2.45) is 11.5 Å². The van der Waals surface area contributed by atoms with Gasteiger partial charge in [-0.25, -0.2) is 0 Å². The first-order valence-electron chi connectivity index (χ1n) is 4.08. The molecule has 1 rings (SSSR count). The van der Waals surface area contributed by atoms with E-state index < -0.39 is 0 Å². The molecule has 0 amide bonds. The highest BCUT2D eigenvalue weighted by Crippen LogP contribution is 2.26. The second kappa shape index (κ2) is 4.11. The molecule has 4 heteroatoms. The maximum absolute atomic E-state index is 5.67. The summed E-state index contributed by atoms with van der Waals surface area (Å²) in [7, 11) is 1.60. The van der Waals surface area contributed by atoms with E-state index in [9.17, 15) is 0 Å². The maximum Gasteiger partial charge on any atom is 0.127 e. The van der Waals surface area contributed by atoms with Gasteiger partial charge in [-0.15, -0.1) is 0 Å². The second-order valence-corrected chi connectivity index (χ2v) is 2.78. The fourth-order valence-electron chi connectivity index (χ4n) is 1.35.